The minimum atomic E-state index is -0.754. The van der Waals surface area contributed by atoms with E-state index in [1.54, 1.807) is 36.4 Å². The van der Waals surface area contributed by atoms with Gasteiger partial charge in [0.1, 0.15) is 23.2 Å². The summed E-state index contributed by atoms with van der Waals surface area (Å²) in [6.45, 7) is 0. The Kier molecular flexibility index (Phi) is 6.43. The summed E-state index contributed by atoms with van der Waals surface area (Å²) in [4.78, 5) is 22.6. The van der Waals surface area contributed by atoms with E-state index in [1.807, 2.05) is 0 Å². The second-order valence-electron chi connectivity index (χ2n) is 5.87. The van der Waals surface area contributed by atoms with Gasteiger partial charge in [-0.3, -0.25) is 14.9 Å². The number of nitro groups is 1. The zero-order valence-electron chi connectivity index (χ0n) is 14.9. The largest absolute Gasteiger partial charge is 0.457 e. The maximum absolute atomic E-state index is 12.4. The van der Waals surface area contributed by atoms with Crippen molar-refractivity contribution in [3.05, 3.63) is 85.0 Å². The van der Waals surface area contributed by atoms with Gasteiger partial charge in [0, 0.05) is 28.8 Å². The summed E-state index contributed by atoms with van der Waals surface area (Å²) in [7, 11) is 0. The molecule has 2 aromatic carbocycles. The van der Waals surface area contributed by atoms with Gasteiger partial charge in [0.05, 0.1) is 20.7 Å². The van der Waals surface area contributed by atoms with Crippen LogP contribution < -0.4 is 5.32 Å². The van der Waals surface area contributed by atoms with E-state index >= 15 is 0 Å². The molecule has 0 atom stereocenters. The average molecular weight is 463 g/mol. The van der Waals surface area contributed by atoms with Crippen LogP contribution in [0.2, 0.25) is 15.1 Å². The summed E-state index contributed by atoms with van der Waals surface area (Å²) in [5.74, 6) is -0.0766. The molecule has 0 fully saturated rings. The first kappa shape index (κ1) is 21.4. The van der Waals surface area contributed by atoms with E-state index in [0.717, 1.165) is 6.07 Å². The van der Waals surface area contributed by atoms with Crippen LogP contribution in [0.25, 0.3) is 17.4 Å². The Morgan fingerprint density at radius 1 is 1.10 bits per heavy atom. The second-order valence-corrected chi connectivity index (χ2v) is 7.12. The number of nitrogens with one attached hydrogen (secondary N) is 1. The van der Waals surface area contributed by atoms with Gasteiger partial charge in [0.25, 0.3) is 11.6 Å². The molecule has 3 aromatic rings. The Morgan fingerprint density at radius 3 is 2.50 bits per heavy atom. The standard InChI is InChI=1S/C20H10Cl3N3O4/c21-12-1-4-15(16(22)8-12)19-6-3-14(30-19)7-11(10-24)20(27)25-18-5-2-13(26(28)29)9-17(18)23/h1-9H,(H,25,27)/b11-7+. The van der Waals surface area contributed by atoms with E-state index in [-0.39, 0.29) is 27.7 Å². The van der Waals surface area contributed by atoms with Crippen LogP contribution in [-0.4, -0.2) is 10.8 Å². The molecule has 30 heavy (non-hydrogen) atoms. The van der Waals surface area contributed by atoms with Crippen molar-refractivity contribution in [2.24, 2.45) is 0 Å². The van der Waals surface area contributed by atoms with E-state index in [2.05, 4.69) is 5.32 Å². The Bertz CT molecular complexity index is 1230. The van der Waals surface area contributed by atoms with Gasteiger partial charge in [0.2, 0.25) is 0 Å². The van der Waals surface area contributed by atoms with Gasteiger partial charge in [-0.1, -0.05) is 34.8 Å². The van der Waals surface area contributed by atoms with Crippen LogP contribution in [0.4, 0.5) is 11.4 Å². The molecule has 0 unspecified atom stereocenters. The predicted molar refractivity (Wildman–Crippen MR) is 114 cm³/mol. The summed E-state index contributed by atoms with van der Waals surface area (Å²) < 4.78 is 5.65. The van der Waals surface area contributed by atoms with Crippen molar-refractivity contribution in [1.82, 2.24) is 0 Å². The van der Waals surface area contributed by atoms with Crippen molar-refractivity contribution < 1.29 is 14.1 Å². The van der Waals surface area contributed by atoms with Crippen LogP contribution in [0.3, 0.4) is 0 Å². The first-order valence-corrected chi connectivity index (χ1v) is 9.34. The van der Waals surface area contributed by atoms with Crippen LogP contribution in [0.15, 0.2) is 58.5 Å². The molecule has 0 radical (unpaired) electrons. The molecule has 1 aromatic heterocycles. The van der Waals surface area contributed by atoms with Gasteiger partial charge in [-0.05, 0) is 36.4 Å². The van der Waals surface area contributed by atoms with Crippen LogP contribution in [0, 0.1) is 21.4 Å². The number of nitrogens with zero attached hydrogens (tertiary/aromatic N) is 2. The average Bonchev–Trinajstić information content (AvgIpc) is 3.15. The molecule has 7 nitrogen and oxygen atoms in total. The summed E-state index contributed by atoms with van der Waals surface area (Å²) in [5, 5.41) is 23.4. The molecule has 1 heterocycles. The highest BCUT2D eigenvalue weighted by molar-refractivity contribution is 6.36. The minimum absolute atomic E-state index is 0.0347. The minimum Gasteiger partial charge on any atom is -0.457 e. The topological polar surface area (TPSA) is 109 Å². The number of carbonyl (C=O) groups is 1. The molecular formula is C20H10Cl3N3O4. The quantitative estimate of drug-likeness (QED) is 0.205. The number of furan rings is 1. The van der Waals surface area contributed by atoms with Gasteiger partial charge >= 0.3 is 0 Å². The van der Waals surface area contributed by atoms with Gasteiger partial charge in [-0.25, -0.2) is 0 Å². The summed E-state index contributed by atoms with van der Waals surface area (Å²) >= 11 is 18.0. The molecule has 0 aliphatic rings. The normalized spacial score (nSPS) is 11.1. The van der Waals surface area contributed by atoms with Gasteiger partial charge in [-0.15, -0.1) is 0 Å². The number of hydrogen-bond acceptors (Lipinski definition) is 5. The first-order chi connectivity index (χ1) is 14.3. The fraction of sp³-hybridized carbons (Fsp3) is 0. The lowest BCUT2D eigenvalue weighted by Gasteiger charge is -2.06. The zero-order valence-corrected chi connectivity index (χ0v) is 17.1. The molecule has 1 amide bonds. The maximum atomic E-state index is 12.4. The summed E-state index contributed by atoms with van der Waals surface area (Å²) in [6, 6.07) is 13.5. The highest BCUT2D eigenvalue weighted by atomic mass is 35.5. The van der Waals surface area contributed by atoms with Crippen LogP contribution >= 0.6 is 34.8 Å². The third kappa shape index (κ3) is 4.81. The van der Waals surface area contributed by atoms with Crippen molar-refractivity contribution in [1.29, 1.82) is 5.26 Å². The number of non-ortho nitro benzene ring substituents is 1. The van der Waals surface area contributed by atoms with Crippen molar-refractivity contribution in [2.45, 2.75) is 0 Å². The fourth-order valence-corrected chi connectivity index (χ4v) is 3.19. The number of amides is 1. The highest BCUT2D eigenvalue weighted by Crippen LogP contribution is 2.32. The lowest BCUT2D eigenvalue weighted by Crippen LogP contribution is -2.13. The lowest BCUT2D eigenvalue weighted by atomic mass is 10.2. The number of nitriles is 1. The molecule has 0 saturated heterocycles. The molecule has 3 rings (SSSR count). The lowest BCUT2D eigenvalue weighted by molar-refractivity contribution is -0.384. The number of anilines is 1. The first-order valence-electron chi connectivity index (χ1n) is 8.21. The number of nitro benzene ring substituents is 1. The Labute approximate surface area is 185 Å². The molecule has 0 aliphatic heterocycles. The van der Waals surface area contributed by atoms with E-state index in [0.29, 0.717) is 21.4 Å². The summed E-state index contributed by atoms with van der Waals surface area (Å²) in [6.07, 6.45) is 1.25. The summed E-state index contributed by atoms with van der Waals surface area (Å²) in [5.41, 5.74) is 0.244. The molecule has 150 valence electrons. The Hall–Kier alpha value is -3.31. The Morgan fingerprint density at radius 2 is 1.87 bits per heavy atom. The number of benzene rings is 2. The predicted octanol–water partition coefficient (Wildman–Crippen LogP) is 6.36. The highest BCUT2D eigenvalue weighted by Gasteiger charge is 2.16. The van der Waals surface area contributed by atoms with E-state index in [1.165, 1.54) is 18.2 Å². The Balaban J connectivity index is 1.82. The SMILES string of the molecule is N#C/C(=C\c1ccc(-c2ccc(Cl)cc2Cl)o1)C(=O)Nc1ccc([N+](=O)[O-])cc1Cl. The van der Waals surface area contributed by atoms with E-state index < -0.39 is 10.8 Å². The zero-order chi connectivity index (χ0) is 21.8. The van der Waals surface area contributed by atoms with E-state index in [4.69, 9.17) is 39.2 Å². The molecule has 0 bridgehead atoms. The third-order valence-electron chi connectivity index (χ3n) is 3.89. The maximum Gasteiger partial charge on any atom is 0.271 e. The number of halogens is 3. The van der Waals surface area contributed by atoms with Crippen molar-refractivity contribution in [3.8, 4) is 17.4 Å². The molecular weight excluding hydrogens is 453 g/mol. The molecule has 0 saturated carbocycles. The number of hydrogen-bond donors (Lipinski definition) is 1. The van der Waals surface area contributed by atoms with Crippen LogP contribution in [-0.2, 0) is 4.79 Å². The van der Waals surface area contributed by atoms with Crippen molar-refractivity contribution >= 4 is 58.2 Å². The monoisotopic (exact) mass is 461 g/mol. The van der Waals surface area contributed by atoms with Crippen molar-refractivity contribution in [2.75, 3.05) is 5.32 Å². The molecule has 10 heteroatoms. The van der Waals surface area contributed by atoms with Crippen molar-refractivity contribution in [3.63, 3.8) is 0 Å². The van der Waals surface area contributed by atoms with Crippen LogP contribution in [0.1, 0.15) is 5.76 Å². The van der Waals surface area contributed by atoms with Gasteiger partial charge in [0.15, 0.2) is 0 Å². The molecule has 0 aliphatic carbocycles. The second kappa shape index (κ2) is 9.01. The van der Waals surface area contributed by atoms with Crippen LogP contribution in [0.5, 0.6) is 0 Å². The smallest absolute Gasteiger partial charge is 0.271 e. The number of rotatable bonds is 5. The fourth-order valence-electron chi connectivity index (χ4n) is 2.46. The van der Waals surface area contributed by atoms with Gasteiger partial charge < -0.3 is 9.73 Å². The molecule has 1 N–H and O–H groups in total. The molecule has 0 spiro atoms. The third-order valence-corrected chi connectivity index (χ3v) is 4.75. The van der Waals surface area contributed by atoms with E-state index in [9.17, 15) is 20.2 Å². The number of carbonyl (C=O) groups excluding carboxylic acids is 1. The van der Waals surface area contributed by atoms with Gasteiger partial charge in [-0.2, -0.15) is 5.26 Å².